The smallest absolute Gasteiger partial charge is 0.228 e. The van der Waals surface area contributed by atoms with Crippen LogP contribution < -0.4 is 15.4 Å². The van der Waals surface area contributed by atoms with Crippen LogP contribution in [0.2, 0.25) is 0 Å². The Hall–Kier alpha value is -2.40. The predicted molar refractivity (Wildman–Crippen MR) is 84.5 cm³/mol. The molecule has 0 radical (unpaired) electrons. The first-order valence-electron chi connectivity index (χ1n) is 7.40. The largest absolute Gasteiger partial charge is 0.485 e. The van der Waals surface area contributed by atoms with E-state index < -0.39 is 0 Å². The van der Waals surface area contributed by atoms with Gasteiger partial charge < -0.3 is 10.5 Å². The van der Waals surface area contributed by atoms with E-state index in [0.717, 1.165) is 5.56 Å². The van der Waals surface area contributed by atoms with E-state index in [-0.39, 0.29) is 11.8 Å². The zero-order valence-corrected chi connectivity index (χ0v) is 12.3. The van der Waals surface area contributed by atoms with Crippen LogP contribution >= 0.6 is 0 Å². The maximum Gasteiger partial charge on any atom is 0.228 e. The molecule has 2 aromatic rings. The summed E-state index contributed by atoms with van der Waals surface area (Å²) in [4.78, 5) is 18.2. The number of hydrogen-bond acceptors (Lipinski definition) is 4. The van der Waals surface area contributed by atoms with Crippen LogP contribution in [0.1, 0.15) is 12.0 Å². The second kappa shape index (κ2) is 6.58. The molecule has 1 fully saturated rings. The minimum Gasteiger partial charge on any atom is -0.485 e. The van der Waals surface area contributed by atoms with Gasteiger partial charge in [-0.3, -0.25) is 9.69 Å². The van der Waals surface area contributed by atoms with Gasteiger partial charge in [0.1, 0.15) is 6.61 Å². The van der Waals surface area contributed by atoms with Crippen LogP contribution in [0.5, 0.6) is 5.75 Å². The van der Waals surface area contributed by atoms with E-state index in [9.17, 15) is 4.79 Å². The highest BCUT2D eigenvalue weighted by Gasteiger charge is 2.32. The molecule has 0 saturated carbocycles. The molecule has 5 nitrogen and oxygen atoms in total. The van der Waals surface area contributed by atoms with Crippen molar-refractivity contribution < 1.29 is 9.53 Å². The Kier molecular flexibility index (Phi) is 4.34. The molecule has 5 heteroatoms. The minimum absolute atomic E-state index is 0.0544. The first-order valence-corrected chi connectivity index (χ1v) is 7.40. The van der Waals surface area contributed by atoms with Gasteiger partial charge in [-0.15, -0.1) is 0 Å². The van der Waals surface area contributed by atoms with E-state index in [1.165, 1.54) is 0 Å². The highest BCUT2D eigenvalue weighted by Crippen LogP contribution is 2.31. The van der Waals surface area contributed by atoms with Crippen molar-refractivity contribution in [3.05, 3.63) is 54.2 Å². The molecule has 1 aromatic heterocycles. The highest BCUT2D eigenvalue weighted by atomic mass is 16.5. The van der Waals surface area contributed by atoms with Crippen LogP contribution in [-0.2, 0) is 11.4 Å². The summed E-state index contributed by atoms with van der Waals surface area (Å²) in [6, 6.07) is 13.6. The third-order valence-electron chi connectivity index (χ3n) is 3.78. The maximum atomic E-state index is 12.1. The molecule has 1 aromatic carbocycles. The zero-order chi connectivity index (χ0) is 15.4. The van der Waals surface area contributed by atoms with Gasteiger partial charge in [-0.1, -0.05) is 30.3 Å². The lowest BCUT2D eigenvalue weighted by Crippen LogP contribution is -2.27. The van der Waals surface area contributed by atoms with E-state index in [2.05, 4.69) is 4.98 Å². The molecule has 114 valence electrons. The number of pyridine rings is 1. The number of nitrogens with zero attached hydrogens (tertiary/aromatic N) is 2. The molecule has 0 aliphatic carbocycles. The van der Waals surface area contributed by atoms with E-state index in [1.807, 2.05) is 42.5 Å². The molecule has 1 aliphatic rings. The molecule has 2 heterocycles. The Morgan fingerprint density at radius 1 is 1.23 bits per heavy atom. The van der Waals surface area contributed by atoms with Gasteiger partial charge in [-0.05, 0) is 30.2 Å². The van der Waals surface area contributed by atoms with Gasteiger partial charge in [0.2, 0.25) is 5.91 Å². The van der Waals surface area contributed by atoms with Crippen LogP contribution in [0, 0.1) is 5.92 Å². The summed E-state index contributed by atoms with van der Waals surface area (Å²) in [5.41, 5.74) is 6.75. The van der Waals surface area contributed by atoms with Gasteiger partial charge in [0.25, 0.3) is 0 Å². The fourth-order valence-corrected chi connectivity index (χ4v) is 2.58. The topological polar surface area (TPSA) is 68.5 Å². The maximum absolute atomic E-state index is 12.1. The number of ether oxygens (including phenoxy) is 1. The van der Waals surface area contributed by atoms with E-state index in [1.54, 1.807) is 11.1 Å². The minimum atomic E-state index is 0.0544. The molecule has 1 amide bonds. The number of rotatable bonds is 5. The number of nitrogens with two attached hydrogens (primary N) is 1. The first kappa shape index (κ1) is 14.5. The number of carbonyl (C=O) groups is 1. The number of amides is 1. The fourth-order valence-electron chi connectivity index (χ4n) is 2.58. The number of carbonyl (C=O) groups excluding carboxylic acids is 1. The quantitative estimate of drug-likeness (QED) is 0.916. The molecule has 0 spiro atoms. The predicted octanol–water partition coefficient (Wildman–Crippen LogP) is 1.97. The summed E-state index contributed by atoms with van der Waals surface area (Å²) in [7, 11) is 0. The van der Waals surface area contributed by atoms with Crippen LogP contribution in [0.3, 0.4) is 0 Å². The molecular weight excluding hydrogens is 278 g/mol. The van der Waals surface area contributed by atoms with E-state index in [0.29, 0.717) is 37.7 Å². The van der Waals surface area contributed by atoms with Crippen molar-refractivity contribution in [3.8, 4) is 5.75 Å². The number of hydrogen-bond donors (Lipinski definition) is 1. The lowest BCUT2D eigenvalue weighted by Gasteiger charge is -2.19. The summed E-state index contributed by atoms with van der Waals surface area (Å²) in [6.45, 7) is 1.56. The molecule has 1 aliphatic heterocycles. The van der Waals surface area contributed by atoms with Gasteiger partial charge in [-0.2, -0.15) is 0 Å². The standard InChI is InChI=1S/C17H19N3O2/c18-10-14-9-16(21)20(11-14)17-15(7-4-8-19-17)22-12-13-5-2-1-3-6-13/h1-8,14H,9-12,18H2. The molecule has 22 heavy (non-hydrogen) atoms. The van der Waals surface area contributed by atoms with Crippen LogP contribution in [-0.4, -0.2) is 24.0 Å². The molecule has 0 bridgehead atoms. The number of aromatic nitrogens is 1. The monoisotopic (exact) mass is 297 g/mol. The lowest BCUT2D eigenvalue weighted by atomic mass is 10.1. The summed E-state index contributed by atoms with van der Waals surface area (Å²) >= 11 is 0. The number of anilines is 1. The molecule has 3 rings (SSSR count). The molecule has 1 saturated heterocycles. The van der Waals surface area contributed by atoms with E-state index >= 15 is 0 Å². The zero-order valence-electron chi connectivity index (χ0n) is 12.3. The summed E-state index contributed by atoms with van der Waals surface area (Å²) < 4.78 is 5.87. The van der Waals surface area contributed by atoms with Crippen LogP contribution in [0.15, 0.2) is 48.7 Å². The molecule has 1 atom stereocenters. The van der Waals surface area contributed by atoms with Crippen molar-refractivity contribution in [2.75, 3.05) is 18.0 Å². The van der Waals surface area contributed by atoms with Gasteiger partial charge in [0.05, 0.1) is 0 Å². The van der Waals surface area contributed by atoms with Gasteiger partial charge >= 0.3 is 0 Å². The second-order valence-corrected chi connectivity index (χ2v) is 5.41. The van der Waals surface area contributed by atoms with Crippen molar-refractivity contribution in [1.82, 2.24) is 4.98 Å². The first-order chi connectivity index (χ1) is 10.8. The Bertz CT molecular complexity index is 645. The third kappa shape index (κ3) is 3.09. The van der Waals surface area contributed by atoms with Crippen molar-refractivity contribution >= 4 is 11.7 Å². The van der Waals surface area contributed by atoms with Gasteiger partial charge in [0, 0.05) is 19.2 Å². The SMILES string of the molecule is NCC1CC(=O)N(c2ncccc2OCc2ccccc2)C1. The van der Waals surface area contributed by atoms with E-state index in [4.69, 9.17) is 10.5 Å². The lowest BCUT2D eigenvalue weighted by molar-refractivity contribution is -0.117. The Balaban J connectivity index is 1.77. The average molecular weight is 297 g/mol. The number of benzene rings is 1. The normalized spacial score (nSPS) is 17.8. The van der Waals surface area contributed by atoms with Crippen LogP contribution in [0.25, 0.3) is 0 Å². The van der Waals surface area contributed by atoms with Gasteiger partial charge in [0.15, 0.2) is 11.6 Å². The van der Waals surface area contributed by atoms with Crippen molar-refractivity contribution in [2.45, 2.75) is 13.0 Å². The fraction of sp³-hybridized carbons (Fsp3) is 0.294. The summed E-state index contributed by atoms with van der Waals surface area (Å²) in [5.74, 6) is 1.45. The Morgan fingerprint density at radius 2 is 2.05 bits per heavy atom. The highest BCUT2D eigenvalue weighted by molar-refractivity contribution is 5.96. The van der Waals surface area contributed by atoms with Crippen molar-refractivity contribution in [1.29, 1.82) is 0 Å². The average Bonchev–Trinajstić information content (AvgIpc) is 2.95. The summed E-state index contributed by atoms with van der Waals surface area (Å²) in [6.07, 6.45) is 2.15. The summed E-state index contributed by atoms with van der Waals surface area (Å²) in [5, 5.41) is 0. The van der Waals surface area contributed by atoms with Crippen LogP contribution in [0.4, 0.5) is 5.82 Å². The second-order valence-electron chi connectivity index (χ2n) is 5.41. The van der Waals surface area contributed by atoms with Gasteiger partial charge in [-0.25, -0.2) is 4.98 Å². The Labute approximate surface area is 129 Å². The van der Waals surface area contributed by atoms with Crippen molar-refractivity contribution in [2.24, 2.45) is 11.7 Å². The third-order valence-corrected chi connectivity index (χ3v) is 3.78. The molecule has 2 N–H and O–H groups in total. The Morgan fingerprint density at radius 3 is 2.77 bits per heavy atom. The van der Waals surface area contributed by atoms with Crippen molar-refractivity contribution in [3.63, 3.8) is 0 Å². The molecular formula is C17H19N3O2. The molecule has 1 unspecified atom stereocenters.